The van der Waals surface area contributed by atoms with Crippen molar-refractivity contribution in [3.8, 4) is 0 Å². The number of aromatic nitrogens is 2. The minimum Gasteiger partial charge on any atom is -0.294 e. The highest BCUT2D eigenvalue weighted by molar-refractivity contribution is 6.32. The molecule has 0 unspecified atom stereocenters. The summed E-state index contributed by atoms with van der Waals surface area (Å²) in [7, 11) is 0. The summed E-state index contributed by atoms with van der Waals surface area (Å²) in [4.78, 5) is 12.3. The first-order chi connectivity index (χ1) is 9.43. The molecule has 0 aliphatic carbocycles. The van der Waals surface area contributed by atoms with Crippen LogP contribution in [0.1, 0.15) is 34.2 Å². The fourth-order valence-corrected chi connectivity index (χ4v) is 2.34. The van der Waals surface area contributed by atoms with Crippen molar-refractivity contribution in [1.82, 2.24) is 9.78 Å². The minimum atomic E-state index is -0.504. The zero-order valence-corrected chi connectivity index (χ0v) is 12.5. The Kier molecular flexibility index (Phi) is 4.23. The number of Topliss-reactive ketones (excluding diaryl/α,β-unsaturated/α-hetero) is 1. The third-order valence-corrected chi connectivity index (χ3v) is 3.69. The Bertz CT molecular complexity index is 664. The molecule has 0 aliphatic rings. The standard InChI is InChI=1S/C15H16ClFN2O/c1-4-19-13(15(16)10(3)18-19)8-14(20)11-7-9(2)5-6-12(11)17/h5-7H,4,8H2,1-3H3. The summed E-state index contributed by atoms with van der Waals surface area (Å²) < 4.78 is 15.4. The highest BCUT2D eigenvalue weighted by Crippen LogP contribution is 2.22. The molecule has 0 bridgehead atoms. The predicted molar refractivity (Wildman–Crippen MR) is 76.8 cm³/mol. The number of carbonyl (C=O) groups is 1. The number of hydrogen-bond donors (Lipinski definition) is 0. The number of halogens is 2. The first-order valence-electron chi connectivity index (χ1n) is 6.45. The number of hydrogen-bond acceptors (Lipinski definition) is 2. The average molecular weight is 295 g/mol. The smallest absolute Gasteiger partial charge is 0.171 e. The van der Waals surface area contributed by atoms with Gasteiger partial charge in [0, 0.05) is 6.54 Å². The molecule has 1 heterocycles. The third-order valence-electron chi connectivity index (χ3n) is 3.20. The second kappa shape index (κ2) is 5.75. The van der Waals surface area contributed by atoms with Gasteiger partial charge in [0.05, 0.1) is 28.4 Å². The number of benzene rings is 1. The van der Waals surface area contributed by atoms with Gasteiger partial charge in [-0.1, -0.05) is 23.2 Å². The molecule has 0 atom stereocenters. The Morgan fingerprint density at radius 1 is 1.40 bits per heavy atom. The normalized spacial score (nSPS) is 10.8. The summed E-state index contributed by atoms with van der Waals surface area (Å²) in [6, 6.07) is 4.51. The van der Waals surface area contributed by atoms with Crippen LogP contribution in [0.25, 0.3) is 0 Å². The third kappa shape index (κ3) is 2.75. The van der Waals surface area contributed by atoms with Crippen LogP contribution in [0.4, 0.5) is 4.39 Å². The lowest BCUT2D eigenvalue weighted by Gasteiger charge is -2.06. The molecule has 5 heteroatoms. The van der Waals surface area contributed by atoms with Crippen molar-refractivity contribution < 1.29 is 9.18 Å². The van der Waals surface area contributed by atoms with E-state index in [1.165, 1.54) is 6.07 Å². The molecule has 0 saturated carbocycles. The van der Waals surface area contributed by atoms with Gasteiger partial charge in [-0.25, -0.2) is 4.39 Å². The molecule has 106 valence electrons. The molecule has 1 aromatic heterocycles. The Balaban J connectivity index is 2.35. The van der Waals surface area contributed by atoms with E-state index in [9.17, 15) is 9.18 Å². The van der Waals surface area contributed by atoms with E-state index >= 15 is 0 Å². The Labute approximate surface area is 122 Å². The zero-order chi connectivity index (χ0) is 14.9. The van der Waals surface area contributed by atoms with Gasteiger partial charge in [-0.15, -0.1) is 0 Å². The van der Waals surface area contributed by atoms with Crippen LogP contribution in [0.2, 0.25) is 5.02 Å². The quantitative estimate of drug-likeness (QED) is 0.805. The Hall–Kier alpha value is -1.68. The molecule has 3 nitrogen and oxygen atoms in total. The molecule has 0 N–H and O–H groups in total. The monoisotopic (exact) mass is 294 g/mol. The summed E-state index contributed by atoms with van der Waals surface area (Å²) in [6.45, 7) is 6.15. The Morgan fingerprint density at radius 3 is 2.75 bits per heavy atom. The summed E-state index contributed by atoms with van der Waals surface area (Å²) in [5.74, 6) is -0.793. The van der Waals surface area contributed by atoms with Crippen LogP contribution >= 0.6 is 11.6 Å². The van der Waals surface area contributed by atoms with Crippen LogP contribution in [0.5, 0.6) is 0 Å². The number of ketones is 1. The average Bonchev–Trinajstić information content (AvgIpc) is 2.69. The first kappa shape index (κ1) is 14.7. The van der Waals surface area contributed by atoms with Crippen LogP contribution in [0.15, 0.2) is 18.2 Å². The van der Waals surface area contributed by atoms with E-state index in [0.29, 0.717) is 23.0 Å². The molecule has 0 amide bonds. The fraction of sp³-hybridized carbons (Fsp3) is 0.333. The minimum absolute atomic E-state index is 0.0495. The maximum atomic E-state index is 13.7. The molecule has 2 aromatic rings. The second-order valence-corrected chi connectivity index (χ2v) is 5.12. The van der Waals surface area contributed by atoms with Crippen LogP contribution in [-0.2, 0) is 13.0 Å². The molecular formula is C15H16ClFN2O. The van der Waals surface area contributed by atoms with E-state index in [2.05, 4.69) is 5.10 Å². The van der Waals surface area contributed by atoms with Crippen LogP contribution in [0, 0.1) is 19.7 Å². The highest BCUT2D eigenvalue weighted by atomic mass is 35.5. The van der Waals surface area contributed by atoms with Crippen LogP contribution < -0.4 is 0 Å². The number of carbonyl (C=O) groups excluding carboxylic acids is 1. The molecule has 20 heavy (non-hydrogen) atoms. The summed E-state index contributed by atoms with van der Waals surface area (Å²) in [6.07, 6.45) is 0.0495. The maximum absolute atomic E-state index is 13.7. The number of rotatable bonds is 4. The SMILES string of the molecule is CCn1nc(C)c(Cl)c1CC(=O)c1cc(C)ccc1F. The number of aryl methyl sites for hydroxylation is 3. The van der Waals surface area contributed by atoms with Crippen molar-refractivity contribution in [3.05, 3.63) is 51.6 Å². The van der Waals surface area contributed by atoms with E-state index in [1.54, 1.807) is 23.7 Å². The van der Waals surface area contributed by atoms with Crippen LogP contribution in [-0.4, -0.2) is 15.6 Å². The maximum Gasteiger partial charge on any atom is 0.171 e. The van der Waals surface area contributed by atoms with E-state index in [1.807, 2.05) is 13.8 Å². The molecule has 2 rings (SSSR count). The van der Waals surface area contributed by atoms with Gasteiger partial charge in [-0.3, -0.25) is 9.48 Å². The van der Waals surface area contributed by atoms with E-state index in [0.717, 1.165) is 5.56 Å². The molecule has 0 radical (unpaired) electrons. The van der Waals surface area contributed by atoms with Gasteiger partial charge in [0.25, 0.3) is 0 Å². The van der Waals surface area contributed by atoms with Crippen LogP contribution in [0.3, 0.4) is 0 Å². The van der Waals surface area contributed by atoms with Crippen molar-refractivity contribution in [3.63, 3.8) is 0 Å². The van der Waals surface area contributed by atoms with Crippen molar-refractivity contribution in [2.45, 2.75) is 33.7 Å². The summed E-state index contributed by atoms with van der Waals surface area (Å²) in [5, 5.41) is 4.73. The van der Waals surface area contributed by atoms with E-state index in [-0.39, 0.29) is 17.8 Å². The lowest BCUT2D eigenvalue weighted by Crippen LogP contribution is -2.11. The zero-order valence-electron chi connectivity index (χ0n) is 11.7. The van der Waals surface area contributed by atoms with Gasteiger partial charge >= 0.3 is 0 Å². The van der Waals surface area contributed by atoms with Crippen molar-refractivity contribution >= 4 is 17.4 Å². The largest absolute Gasteiger partial charge is 0.294 e. The van der Waals surface area contributed by atoms with Crippen molar-refractivity contribution in [2.75, 3.05) is 0 Å². The lowest BCUT2D eigenvalue weighted by atomic mass is 10.0. The van der Waals surface area contributed by atoms with Gasteiger partial charge in [-0.05, 0) is 32.9 Å². The lowest BCUT2D eigenvalue weighted by molar-refractivity contribution is 0.0986. The van der Waals surface area contributed by atoms with Gasteiger partial charge < -0.3 is 0 Å². The molecular weight excluding hydrogens is 279 g/mol. The summed E-state index contributed by atoms with van der Waals surface area (Å²) in [5.41, 5.74) is 2.27. The van der Waals surface area contributed by atoms with E-state index < -0.39 is 5.82 Å². The summed E-state index contributed by atoms with van der Waals surface area (Å²) >= 11 is 6.17. The molecule has 1 aromatic carbocycles. The molecule has 0 aliphatic heterocycles. The highest BCUT2D eigenvalue weighted by Gasteiger charge is 2.19. The van der Waals surface area contributed by atoms with Crippen molar-refractivity contribution in [1.29, 1.82) is 0 Å². The Morgan fingerprint density at radius 2 is 2.10 bits per heavy atom. The molecule has 0 saturated heterocycles. The van der Waals surface area contributed by atoms with Gasteiger partial charge in [0.2, 0.25) is 0 Å². The van der Waals surface area contributed by atoms with E-state index in [4.69, 9.17) is 11.6 Å². The molecule has 0 fully saturated rings. The fourth-order valence-electron chi connectivity index (χ4n) is 2.14. The first-order valence-corrected chi connectivity index (χ1v) is 6.83. The van der Waals surface area contributed by atoms with Gasteiger partial charge in [0.1, 0.15) is 5.82 Å². The number of nitrogens with zero attached hydrogens (tertiary/aromatic N) is 2. The second-order valence-electron chi connectivity index (χ2n) is 4.75. The predicted octanol–water partition coefficient (Wildman–Crippen LogP) is 3.74. The molecule has 0 spiro atoms. The topological polar surface area (TPSA) is 34.9 Å². The van der Waals surface area contributed by atoms with Crippen molar-refractivity contribution in [2.24, 2.45) is 0 Å². The van der Waals surface area contributed by atoms with Gasteiger partial charge in [-0.2, -0.15) is 5.10 Å². The van der Waals surface area contributed by atoms with Gasteiger partial charge in [0.15, 0.2) is 5.78 Å².